The van der Waals surface area contributed by atoms with Crippen molar-refractivity contribution in [2.45, 2.75) is 45.1 Å². The highest BCUT2D eigenvalue weighted by atomic mass is 35.5. The standard InChI is InChI=1S/C27H37ClN4O2/c28-24-3-1-21(2-4-24)27(16-23(27)18-33)22-8-13-32(14-9-22)26(34)20-6-11-31(12-7-20)17-19-5-10-30-25(29)15-19/h1,3-5,10,15,20-23,33H,2,6-9,11-14,16-18H2,(H2,29,30)/t21?,23-,27+/m0/s1. The quantitative estimate of drug-likeness (QED) is 0.641. The van der Waals surface area contributed by atoms with Crippen LogP contribution in [0, 0.1) is 29.1 Å². The van der Waals surface area contributed by atoms with E-state index in [0.29, 0.717) is 29.5 Å². The Morgan fingerprint density at radius 1 is 1.21 bits per heavy atom. The molecule has 2 saturated heterocycles. The number of halogens is 1. The Labute approximate surface area is 207 Å². The maximum Gasteiger partial charge on any atom is 0.225 e. The van der Waals surface area contributed by atoms with Crippen molar-refractivity contribution >= 4 is 23.3 Å². The number of hydrogen-bond acceptors (Lipinski definition) is 5. The van der Waals surface area contributed by atoms with Crippen LogP contribution in [0.4, 0.5) is 5.82 Å². The van der Waals surface area contributed by atoms with Crippen molar-refractivity contribution in [1.29, 1.82) is 0 Å². The summed E-state index contributed by atoms with van der Waals surface area (Å²) in [5, 5.41) is 10.8. The lowest BCUT2D eigenvalue weighted by Gasteiger charge is -2.42. The summed E-state index contributed by atoms with van der Waals surface area (Å²) in [6, 6.07) is 3.95. The number of piperidine rings is 2. The molecule has 3 N–H and O–H groups in total. The van der Waals surface area contributed by atoms with Gasteiger partial charge < -0.3 is 15.7 Å². The zero-order valence-corrected chi connectivity index (χ0v) is 20.7. The molecule has 4 aliphatic rings. The van der Waals surface area contributed by atoms with E-state index in [-0.39, 0.29) is 17.9 Å². The summed E-state index contributed by atoms with van der Waals surface area (Å²) in [4.78, 5) is 21.9. The average molecular weight is 485 g/mol. The van der Waals surface area contributed by atoms with Crippen LogP contribution in [0.3, 0.4) is 0 Å². The highest BCUT2D eigenvalue weighted by Gasteiger charge is 2.61. The Balaban J connectivity index is 1.12. The van der Waals surface area contributed by atoms with Crippen LogP contribution >= 0.6 is 11.6 Å². The minimum absolute atomic E-state index is 0.143. The second-order valence-electron chi connectivity index (χ2n) is 10.7. The zero-order chi connectivity index (χ0) is 23.7. The average Bonchev–Trinajstić information content (AvgIpc) is 3.60. The van der Waals surface area contributed by atoms with Crippen LogP contribution < -0.4 is 5.73 Å². The molecule has 7 heteroatoms. The number of nitrogens with zero attached hydrogens (tertiary/aromatic N) is 3. The van der Waals surface area contributed by atoms with Crippen LogP contribution in [0.5, 0.6) is 0 Å². The number of amides is 1. The first-order valence-corrected chi connectivity index (χ1v) is 13.2. The third-order valence-electron chi connectivity index (χ3n) is 8.92. The van der Waals surface area contributed by atoms with E-state index in [2.05, 4.69) is 26.9 Å². The predicted octanol–water partition coefficient (Wildman–Crippen LogP) is 3.81. The lowest BCUT2D eigenvalue weighted by Crippen LogP contribution is -2.47. The van der Waals surface area contributed by atoms with Crippen LogP contribution in [0.1, 0.15) is 44.1 Å². The van der Waals surface area contributed by atoms with Crippen molar-refractivity contribution in [3.63, 3.8) is 0 Å². The number of carbonyl (C=O) groups is 1. The summed E-state index contributed by atoms with van der Waals surface area (Å²) in [6.45, 7) is 4.73. The van der Waals surface area contributed by atoms with E-state index >= 15 is 0 Å². The van der Waals surface area contributed by atoms with Gasteiger partial charge in [0.15, 0.2) is 0 Å². The van der Waals surface area contributed by atoms with E-state index in [1.165, 1.54) is 5.56 Å². The molecular weight excluding hydrogens is 448 g/mol. The topological polar surface area (TPSA) is 82.7 Å². The smallest absolute Gasteiger partial charge is 0.225 e. The summed E-state index contributed by atoms with van der Waals surface area (Å²) >= 11 is 6.16. The van der Waals surface area contributed by atoms with Crippen molar-refractivity contribution in [2.24, 2.45) is 29.1 Å². The molecule has 1 amide bonds. The van der Waals surface area contributed by atoms with Gasteiger partial charge in [-0.05, 0) is 98.6 Å². The third-order valence-corrected chi connectivity index (χ3v) is 9.20. The number of carbonyl (C=O) groups excluding carboxylic acids is 1. The van der Waals surface area contributed by atoms with Gasteiger partial charge in [0.2, 0.25) is 5.91 Å². The number of anilines is 1. The largest absolute Gasteiger partial charge is 0.396 e. The van der Waals surface area contributed by atoms with Gasteiger partial charge in [0.05, 0.1) is 0 Å². The maximum atomic E-state index is 13.3. The number of aliphatic hydroxyl groups is 1. The molecule has 5 rings (SSSR count). The van der Waals surface area contributed by atoms with E-state index in [4.69, 9.17) is 17.3 Å². The number of rotatable bonds is 6. The Hall–Kier alpha value is -1.89. The first kappa shape index (κ1) is 23.8. The third kappa shape index (κ3) is 4.77. The number of allylic oxidation sites excluding steroid dienone is 4. The van der Waals surface area contributed by atoms with Crippen LogP contribution in [0.15, 0.2) is 41.6 Å². The Kier molecular flexibility index (Phi) is 7.01. The molecule has 6 nitrogen and oxygen atoms in total. The van der Waals surface area contributed by atoms with Crippen molar-refractivity contribution < 1.29 is 9.90 Å². The van der Waals surface area contributed by atoms with Gasteiger partial charge in [-0.25, -0.2) is 4.98 Å². The minimum atomic E-state index is 0.143. The molecule has 1 aromatic heterocycles. The van der Waals surface area contributed by atoms with Crippen LogP contribution in [-0.2, 0) is 11.3 Å². The molecule has 3 atom stereocenters. The fourth-order valence-corrected chi connectivity index (χ4v) is 7.10. The van der Waals surface area contributed by atoms with E-state index in [1.807, 2.05) is 18.2 Å². The van der Waals surface area contributed by atoms with Gasteiger partial charge in [-0.2, -0.15) is 0 Å². The molecule has 0 aromatic carbocycles. The number of nitrogens with two attached hydrogens (primary N) is 1. The van der Waals surface area contributed by atoms with Gasteiger partial charge >= 0.3 is 0 Å². The van der Waals surface area contributed by atoms with E-state index in [9.17, 15) is 9.90 Å². The molecule has 1 aromatic rings. The van der Waals surface area contributed by atoms with Crippen molar-refractivity contribution in [2.75, 3.05) is 38.5 Å². The molecule has 0 spiro atoms. The van der Waals surface area contributed by atoms with Crippen molar-refractivity contribution in [3.8, 4) is 0 Å². The van der Waals surface area contributed by atoms with Gasteiger partial charge in [-0.1, -0.05) is 23.8 Å². The van der Waals surface area contributed by atoms with E-state index < -0.39 is 0 Å². The molecule has 34 heavy (non-hydrogen) atoms. The SMILES string of the molecule is Nc1cc(CN2CCC(C(=O)N3CCC([C@]4(C5C=CC(Cl)=CC5)C[C@H]4CO)CC3)CC2)ccn1. The van der Waals surface area contributed by atoms with Gasteiger partial charge in [0, 0.05) is 43.4 Å². The number of aromatic nitrogens is 1. The molecule has 2 aliphatic carbocycles. The number of pyridine rings is 1. The number of nitrogen functional groups attached to an aromatic ring is 1. The summed E-state index contributed by atoms with van der Waals surface area (Å²) in [5.74, 6) is 2.47. The summed E-state index contributed by atoms with van der Waals surface area (Å²) in [6.07, 6.45) is 14.2. The molecule has 184 valence electrons. The van der Waals surface area contributed by atoms with Crippen molar-refractivity contribution in [1.82, 2.24) is 14.8 Å². The van der Waals surface area contributed by atoms with Crippen molar-refractivity contribution in [3.05, 3.63) is 47.2 Å². The highest BCUT2D eigenvalue weighted by molar-refractivity contribution is 6.31. The Morgan fingerprint density at radius 2 is 1.97 bits per heavy atom. The monoisotopic (exact) mass is 484 g/mol. The predicted molar refractivity (Wildman–Crippen MR) is 135 cm³/mol. The summed E-state index contributed by atoms with van der Waals surface area (Å²) in [7, 11) is 0. The normalized spacial score (nSPS) is 30.9. The molecule has 1 unspecified atom stereocenters. The Bertz CT molecular complexity index is 950. The van der Waals surface area contributed by atoms with Gasteiger partial charge in [0.1, 0.15) is 5.82 Å². The van der Waals surface area contributed by atoms with Crippen LogP contribution in [0.2, 0.25) is 0 Å². The minimum Gasteiger partial charge on any atom is -0.396 e. The number of likely N-dealkylation sites (tertiary alicyclic amines) is 2. The lowest BCUT2D eigenvalue weighted by atomic mass is 9.70. The summed E-state index contributed by atoms with van der Waals surface area (Å²) in [5.41, 5.74) is 7.18. The summed E-state index contributed by atoms with van der Waals surface area (Å²) < 4.78 is 0. The van der Waals surface area contributed by atoms with E-state index in [0.717, 1.165) is 76.3 Å². The highest BCUT2D eigenvalue weighted by Crippen LogP contribution is 2.66. The first-order chi connectivity index (χ1) is 16.5. The zero-order valence-electron chi connectivity index (χ0n) is 19.9. The molecular formula is C27H37ClN4O2. The Morgan fingerprint density at radius 3 is 2.59 bits per heavy atom. The number of aliphatic hydroxyl groups excluding tert-OH is 1. The molecule has 1 saturated carbocycles. The van der Waals surface area contributed by atoms with Gasteiger partial charge in [0.25, 0.3) is 0 Å². The molecule has 3 fully saturated rings. The second-order valence-corrected chi connectivity index (χ2v) is 11.2. The molecule has 3 heterocycles. The van der Waals surface area contributed by atoms with E-state index in [1.54, 1.807) is 6.20 Å². The van der Waals surface area contributed by atoms with Gasteiger partial charge in [-0.15, -0.1) is 0 Å². The fraction of sp³-hybridized carbons (Fsp3) is 0.630. The fourth-order valence-electron chi connectivity index (χ4n) is 6.94. The van der Waals surface area contributed by atoms with Crippen LogP contribution in [-0.4, -0.2) is 58.6 Å². The molecule has 0 bridgehead atoms. The number of hydrogen-bond donors (Lipinski definition) is 2. The van der Waals surface area contributed by atoms with Crippen LogP contribution in [0.25, 0.3) is 0 Å². The molecule has 2 aliphatic heterocycles. The van der Waals surface area contributed by atoms with Gasteiger partial charge in [-0.3, -0.25) is 9.69 Å². The molecule has 0 radical (unpaired) electrons. The second kappa shape index (κ2) is 10.00. The maximum absolute atomic E-state index is 13.3. The first-order valence-electron chi connectivity index (χ1n) is 12.9. The lowest BCUT2D eigenvalue weighted by molar-refractivity contribution is -0.139.